The molecule has 0 unspecified atom stereocenters. The van der Waals surface area contributed by atoms with Crippen LogP contribution in [0, 0.1) is 6.85 Å². The van der Waals surface area contributed by atoms with Crippen LogP contribution in [-0.4, -0.2) is 14.1 Å². The van der Waals surface area contributed by atoms with Crippen molar-refractivity contribution in [3.05, 3.63) is 192 Å². The Morgan fingerprint density at radius 1 is 0.615 bits per heavy atom. The predicted octanol–water partition coefficient (Wildman–Crippen LogP) is 10.8. The van der Waals surface area contributed by atoms with Gasteiger partial charge in [-0.3, -0.25) is 4.57 Å². The minimum Gasteiger partial charge on any atom is -0.294 e. The zero-order valence-corrected chi connectivity index (χ0v) is 29.4. The Labute approximate surface area is 308 Å². The fraction of sp³-hybridized carbons (Fsp3) is 0.125. The van der Waals surface area contributed by atoms with E-state index in [9.17, 15) is 0 Å². The highest BCUT2D eigenvalue weighted by atomic mass is 15.2. The first kappa shape index (κ1) is 27.5. The number of aromatic nitrogens is 4. The quantitative estimate of drug-likeness (QED) is 0.171. The fourth-order valence-corrected chi connectivity index (χ4v) is 8.76. The Morgan fingerprint density at radius 2 is 1.29 bits per heavy atom. The summed E-state index contributed by atoms with van der Waals surface area (Å²) in [4.78, 5) is 4.77. The van der Waals surface area contributed by atoms with Gasteiger partial charge in [0, 0.05) is 21.1 Å². The molecule has 4 heteroatoms. The molecule has 6 aromatic carbocycles. The molecule has 250 valence electrons. The van der Waals surface area contributed by atoms with Crippen LogP contribution in [0.3, 0.4) is 0 Å². The van der Waals surface area contributed by atoms with Gasteiger partial charge in [-0.1, -0.05) is 103 Å². The number of para-hydroxylation sites is 3. The zero-order chi connectivity index (χ0) is 37.7. The highest BCUT2D eigenvalue weighted by Crippen LogP contribution is 2.56. The number of pyridine rings is 1. The lowest BCUT2D eigenvalue weighted by Gasteiger charge is -2.34. The molecule has 0 N–H and O–H groups in total. The highest BCUT2D eigenvalue weighted by Gasteiger charge is 2.46. The van der Waals surface area contributed by atoms with E-state index >= 15 is 0 Å². The van der Waals surface area contributed by atoms with Gasteiger partial charge in [0.25, 0.3) is 0 Å². The summed E-state index contributed by atoms with van der Waals surface area (Å²) in [5.74, 6) is 0.576. The second-order valence-electron chi connectivity index (χ2n) is 14.9. The predicted molar refractivity (Wildman–Crippen MR) is 213 cm³/mol. The van der Waals surface area contributed by atoms with Gasteiger partial charge in [-0.25, -0.2) is 9.55 Å². The van der Waals surface area contributed by atoms with Gasteiger partial charge in [-0.05, 0) is 115 Å². The van der Waals surface area contributed by atoms with Gasteiger partial charge in [0.2, 0.25) is 6.33 Å². The standard InChI is InChI=1S/C48H39N4/c1-32-26-27-49-46(28-32)52-42-21-10-7-18-38(42)39-25-24-34(30-45(39)52)48(40-19-8-5-16-36(40)37-17-6-9-20-41(37)48)33-14-13-15-35(29-33)50-31-51(47(2,3)4)44-23-12-11-22-43(44)50/h5-31H,1-4H3/q+1/i1D3. The van der Waals surface area contributed by atoms with Crippen molar-refractivity contribution in [3.8, 4) is 22.6 Å². The zero-order valence-electron chi connectivity index (χ0n) is 32.4. The van der Waals surface area contributed by atoms with Crippen LogP contribution in [0.25, 0.3) is 55.5 Å². The molecule has 4 nitrogen and oxygen atoms in total. The Hall–Kier alpha value is -6.26. The van der Waals surface area contributed by atoms with E-state index in [2.05, 4.69) is 174 Å². The van der Waals surface area contributed by atoms with Crippen molar-refractivity contribution in [2.45, 2.75) is 38.6 Å². The largest absolute Gasteiger partial charge is 0.294 e. The highest BCUT2D eigenvalue weighted by molar-refractivity contribution is 6.09. The molecule has 1 aliphatic carbocycles. The summed E-state index contributed by atoms with van der Waals surface area (Å²) in [7, 11) is 0. The molecular formula is C48H39N4+. The Bertz CT molecular complexity index is 2930. The Kier molecular flexibility index (Phi) is 5.87. The number of imidazole rings is 1. The molecular weight excluding hydrogens is 633 g/mol. The van der Waals surface area contributed by atoms with E-state index in [1.54, 1.807) is 18.3 Å². The minimum atomic E-state index is -2.26. The van der Waals surface area contributed by atoms with Gasteiger partial charge in [0.1, 0.15) is 17.0 Å². The summed E-state index contributed by atoms with van der Waals surface area (Å²) in [5, 5.41) is 2.16. The molecule has 0 bridgehead atoms. The van der Waals surface area contributed by atoms with Crippen LogP contribution in [0.4, 0.5) is 0 Å². The third-order valence-electron chi connectivity index (χ3n) is 10.9. The minimum absolute atomic E-state index is 0.112. The summed E-state index contributed by atoms with van der Waals surface area (Å²) in [6, 6.07) is 53.6. The van der Waals surface area contributed by atoms with Crippen molar-refractivity contribution < 1.29 is 8.68 Å². The second kappa shape index (κ2) is 11.1. The number of fused-ring (bicyclic) bond motifs is 7. The fourth-order valence-electron chi connectivity index (χ4n) is 8.76. The molecule has 0 amide bonds. The van der Waals surface area contributed by atoms with Crippen molar-refractivity contribution in [1.29, 1.82) is 0 Å². The van der Waals surface area contributed by atoms with Gasteiger partial charge in [0.05, 0.1) is 16.4 Å². The van der Waals surface area contributed by atoms with Crippen molar-refractivity contribution in [1.82, 2.24) is 14.1 Å². The molecule has 3 heterocycles. The maximum absolute atomic E-state index is 8.18. The van der Waals surface area contributed by atoms with Gasteiger partial charge >= 0.3 is 0 Å². The van der Waals surface area contributed by atoms with Crippen LogP contribution in [-0.2, 0) is 11.0 Å². The first-order valence-corrected chi connectivity index (χ1v) is 17.9. The number of rotatable bonds is 4. The van der Waals surface area contributed by atoms with E-state index in [4.69, 9.17) is 9.10 Å². The van der Waals surface area contributed by atoms with Crippen LogP contribution in [0.5, 0.6) is 0 Å². The van der Waals surface area contributed by atoms with Crippen LogP contribution in [0.2, 0.25) is 0 Å². The molecule has 52 heavy (non-hydrogen) atoms. The number of hydrogen-bond donors (Lipinski definition) is 0. The van der Waals surface area contributed by atoms with Crippen LogP contribution < -0.4 is 4.57 Å². The van der Waals surface area contributed by atoms with E-state index in [0.717, 1.165) is 44.1 Å². The lowest BCUT2D eigenvalue weighted by molar-refractivity contribution is -0.731. The normalized spacial score (nSPS) is 14.6. The molecule has 0 atom stereocenters. The third-order valence-corrected chi connectivity index (χ3v) is 10.9. The lowest BCUT2D eigenvalue weighted by atomic mass is 9.67. The first-order valence-electron chi connectivity index (χ1n) is 19.4. The summed E-state index contributed by atoms with van der Waals surface area (Å²) in [6.07, 6.45) is 3.84. The maximum atomic E-state index is 8.18. The maximum Gasteiger partial charge on any atom is 0.250 e. The molecule has 0 saturated carbocycles. The molecule has 0 aliphatic heterocycles. The average Bonchev–Trinajstić information content (AvgIpc) is 3.85. The smallest absolute Gasteiger partial charge is 0.250 e. The van der Waals surface area contributed by atoms with Crippen molar-refractivity contribution in [2.24, 2.45) is 0 Å². The number of hydrogen-bond acceptors (Lipinski definition) is 1. The molecule has 3 aromatic heterocycles. The van der Waals surface area contributed by atoms with Gasteiger partial charge in [0.15, 0.2) is 11.0 Å². The number of aryl methyl sites for hydroxylation is 1. The van der Waals surface area contributed by atoms with Crippen molar-refractivity contribution in [3.63, 3.8) is 0 Å². The first-order chi connectivity index (χ1) is 26.5. The SMILES string of the molecule is [2H]C([2H])([2H])c1ccnc(-n2c3ccccc3c3ccc(C4(c5cccc(-n6c[n+](C(C)(C)C)c7ccccc76)c5)c5ccccc5-c5ccccc54)cc32)c1. The molecule has 0 saturated heterocycles. The average molecular weight is 675 g/mol. The molecule has 10 rings (SSSR count). The summed E-state index contributed by atoms with van der Waals surface area (Å²) in [5.41, 5.74) is 12.0. The molecule has 0 fully saturated rings. The van der Waals surface area contributed by atoms with Gasteiger partial charge in [-0.2, -0.15) is 4.57 Å². The second-order valence-corrected chi connectivity index (χ2v) is 14.9. The summed E-state index contributed by atoms with van der Waals surface area (Å²) >= 11 is 0. The van der Waals surface area contributed by atoms with E-state index in [0.29, 0.717) is 5.82 Å². The van der Waals surface area contributed by atoms with E-state index in [-0.39, 0.29) is 11.1 Å². The summed E-state index contributed by atoms with van der Waals surface area (Å²) < 4.78 is 31.3. The van der Waals surface area contributed by atoms with Crippen molar-refractivity contribution >= 4 is 32.8 Å². The topological polar surface area (TPSA) is 26.6 Å². The lowest BCUT2D eigenvalue weighted by Crippen LogP contribution is -2.49. The van der Waals surface area contributed by atoms with E-state index in [1.165, 1.54) is 27.8 Å². The van der Waals surface area contributed by atoms with E-state index in [1.807, 2.05) is 6.07 Å². The molecule has 0 spiro atoms. The van der Waals surface area contributed by atoms with Crippen LogP contribution in [0.15, 0.2) is 164 Å². The van der Waals surface area contributed by atoms with Crippen LogP contribution in [0.1, 0.15) is 52.7 Å². The summed E-state index contributed by atoms with van der Waals surface area (Å²) in [6.45, 7) is 4.47. The van der Waals surface area contributed by atoms with E-state index < -0.39 is 12.3 Å². The van der Waals surface area contributed by atoms with Gasteiger partial charge in [-0.15, -0.1) is 0 Å². The third kappa shape index (κ3) is 4.27. The number of nitrogens with zero attached hydrogens (tertiary/aromatic N) is 4. The van der Waals surface area contributed by atoms with Gasteiger partial charge < -0.3 is 0 Å². The molecule has 9 aromatic rings. The monoisotopic (exact) mass is 674 g/mol. The Morgan fingerprint density at radius 3 is 2.06 bits per heavy atom. The Balaban J connectivity index is 1.29. The van der Waals surface area contributed by atoms with Crippen LogP contribution >= 0.6 is 0 Å². The van der Waals surface area contributed by atoms with Crippen molar-refractivity contribution in [2.75, 3.05) is 0 Å². The molecule has 0 radical (unpaired) electrons. The number of benzene rings is 6. The molecule has 1 aliphatic rings.